The van der Waals surface area contributed by atoms with Crippen molar-refractivity contribution in [2.75, 3.05) is 0 Å². The van der Waals surface area contributed by atoms with Gasteiger partial charge in [-0.2, -0.15) is 0 Å². The van der Waals surface area contributed by atoms with Gasteiger partial charge in [0.05, 0.1) is 4.92 Å². The Labute approximate surface area is 103 Å². The normalized spacial score (nSPS) is 12.1. The molecule has 1 aromatic carbocycles. The van der Waals surface area contributed by atoms with Crippen molar-refractivity contribution in [1.29, 1.82) is 0 Å². The van der Waals surface area contributed by atoms with E-state index in [2.05, 4.69) is 0 Å². The summed E-state index contributed by atoms with van der Waals surface area (Å²) < 4.78 is 0. The number of carbonyl (C=O) groups is 1. The zero-order valence-corrected chi connectivity index (χ0v) is 10.4. The lowest BCUT2D eigenvalue weighted by Gasteiger charge is -2.11. The van der Waals surface area contributed by atoms with Gasteiger partial charge in [0.1, 0.15) is 5.25 Å². The first-order valence-corrected chi connectivity index (χ1v) is 5.98. The van der Waals surface area contributed by atoms with Crippen LogP contribution in [0.1, 0.15) is 18.9 Å². The number of nitro groups is 1. The molecule has 0 spiro atoms. The molecule has 1 aromatic rings. The highest BCUT2D eigenvalue weighted by Gasteiger charge is 2.18. The van der Waals surface area contributed by atoms with Gasteiger partial charge in [-0.05, 0) is 25.0 Å². The molecule has 0 fully saturated rings. The van der Waals surface area contributed by atoms with Gasteiger partial charge in [-0.15, -0.1) is 11.8 Å². The van der Waals surface area contributed by atoms with E-state index in [4.69, 9.17) is 5.11 Å². The molecule has 6 heteroatoms. The number of nitro benzene ring substituents is 1. The van der Waals surface area contributed by atoms with Crippen LogP contribution < -0.4 is 0 Å². The number of non-ortho nitro benzene ring substituents is 1. The van der Waals surface area contributed by atoms with Crippen LogP contribution in [0.5, 0.6) is 0 Å². The molecular formula is C11H13NO4S. The predicted molar refractivity (Wildman–Crippen MR) is 65.4 cm³/mol. The number of carboxylic acid groups (broad SMARTS) is 1. The second-order valence-corrected chi connectivity index (χ2v) is 4.80. The third-order valence-electron chi connectivity index (χ3n) is 2.28. The topological polar surface area (TPSA) is 80.4 Å². The zero-order valence-electron chi connectivity index (χ0n) is 9.54. The Bertz CT molecular complexity index is 447. The van der Waals surface area contributed by atoms with E-state index in [0.717, 1.165) is 10.5 Å². The summed E-state index contributed by atoms with van der Waals surface area (Å²) >= 11 is 1.22. The monoisotopic (exact) mass is 255 g/mol. The summed E-state index contributed by atoms with van der Waals surface area (Å²) in [6.07, 6.45) is 0.510. The molecule has 0 bridgehead atoms. The summed E-state index contributed by atoms with van der Waals surface area (Å²) in [5, 5.41) is 19.0. The maximum absolute atomic E-state index is 10.9. The van der Waals surface area contributed by atoms with Crippen LogP contribution in [-0.2, 0) is 4.79 Å². The van der Waals surface area contributed by atoms with Crippen LogP contribution in [-0.4, -0.2) is 21.2 Å². The predicted octanol–water partition coefficient (Wildman–Crippen LogP) is 2.86. The van der Waals surface area contributed by atoms with Gasteiger partial charge in [0, 0.05) is 17.0 Å². The first kappa shape index (κ1) is 13.5. The number of hydrogen-bond donors (Lipinski definition) is 1. The Kier molecular flexibility index (Phi) is 4.51. The summed E-state index contributed by atoms with van der Waals surface area (Å²) in [7, 11) is 0. The van der Waals surface area contributed by atoms with Crippen LogP contribution in [0.3, 0.4) is 0 Å². The van der Waals surface area contributed by atoms with E-state index in [1.807, 2.05) is 0 Å². The van der Waals surface area contributed by atoms with Crippen LogP contribution in [0.25, 0.3) is 0 Å². The van der Waals surface area contributed by atoms with Crippen molar-refractivity contribution in [3.63, 3.8) is 0 Å². The Hall–Kier alpha value is -1.56. The molecule has 5 nitrogen and oxygen atoms in total. The number of rotatable bonds is 5. The maximum Gasteiger partial charge on any atom is 0.316 e. The third-order valence-corrected chi connectivity index (χ3v) is 3.82. The minimum Gasteiger partial charge on any atom is -0.480 e. The Morgan fingerprint density at radius 3 is 2.65 bits per heavy atom. The number of carboxylic acids is 1. The Balaban J connectivity index is 2.93. The van der Waals surface area contributed by atoms with Gasteiger partial charge < -0.3 is 5.11 Å². The lowest BCUT2D eigenvalue weighted by atomic mass is 10.2. The average Bonchev–Trinajstić information content (AvgIpc) is 2.26. The number of thioether (sulfide) groups is 1. The molecule has 1 rings (SSSR count). The molecule has 0 aromatic heterocycles. The van der Waals surface area contributed by atoms with Crippen molar-refractivity contribution in [2.45, 2.75) is 30.4 Å². The standard InChI is InChI=1S/C11H13NO4S/c1-3-9(11(13)14)17-10-5-4-8(12(15)16)6-7(10)2/h4-6,9H,3H2,1-2H3,(H,13,14). The Morgan fingerprint density at radius 1 is 1.59 bits per heavy atom. The van der Waals surface area contributed by atoms with Crippen LogP contribution in [0.15, 0.2) is 23.1 Å². The number of aliphatic carboxylic acids is 1. The second kappa shape index (κ2) is 5.67. The molecule has 0 saturated carbocycles. The number of nitrogens with zero attached hydrogens (tertiary/aromatic N) is 1. The summed E-state index contributed by atoms with van der Waals surface area (Å²) in [6.45, 7) is 3.54. The largest absolute Gasteiger partial charge is 0.480 e. The quantitative estimate of drug-likeness (QED) is 0.497. The molecule has 1 N–H and O–H groups in total. The van der Waals surface area contributed by atoms with E-state index < -0.39 is 16.1 Å². The average molecular weight is 255 g/mol. The molecule has 17 heavy (non-hydrogen) atoms. The maximum atomic E-state index is 10.9. The van der Waals surface area contributed by atoms with E-state index in [0.29, 0.717) is 6.42 Å². The summed E-state index contributed by atoms with van der Waals surface area (Å²) in [6, 6.07) is 4.45. The fourth-order valence-corrected chi connectivity index (χ4v) is 2.31. The van der Waals surface area contributed by atoms with Gasteiger partial charge in [-0.3, -0.25) is 14.9 Å². The molecule has 1 unspecified atom stereocenters. The molecular weight excluding hydrogens is 242 g/mol. The van der Waals surface area contributed by atoms with Gasteiger partial charge in [-0.1, -0.05) is 6.92 Å². The minimum atomic E-state index is -0.866. The van der Waals surface area contributed by atoms with Crippen LogP contribution in [0.2, 0.25) is 0 Å². The van der Waals surface area contributed by atoms with Crippen molar-refractivity contribution in [1.82, 2.24) is 0 Å². The highest BCUT2D eigenvalue weighted by molar-refractivity contribution is 8.00. The van der Waals surface area contributed by atoms with E-state index >= 15 is 0 Å². The van der Waals surface area contributed by atoms with Crippen molar-refractivity contribution < 1.29 is 14.8 Å². The lowest BCUT2D eigenvalue weighted by Crippen LogP contribution is -2.14. The molecule has 92 valence electrons. The lowest BCUT2D eigenvalue weighted by molar-refractivity contribution is -0.385. The first-order chi connectivity index (χ1) is 7.95. The van der Waals surface area contributed by atoms with Gasteiger partial charge in [0.25, 0.3) is 5.69 Å². The van der Waals surface area contributed by atoms with E-state index in [9.17, 15) is 14.9 Å². The summed E-state index contributed by atoms with van der Waals surface area (Å²) in [4.78, 5) is 21.8. The van der Waals surface area contributed by atoms with Gasteiger partial charge in [-0.25, -0.2) is 0 Å². The summed E-state index contributed by atoms with van der Waals surface area (Å²) in [5.74, 6) is -0.866. The zero-order chi connectivity index (χ0) is 13.0. The molecule has 0 heterocycles. The van der Waals surface area contributed by atoms with Crippen molar-refractivity contribution in [2.24, 2.45) is 0 Å². The number of benzene rings is 1. The van der Waals surface area contributed by atoms with E-state index in [1.54, 1.807) is 19.9 Å². The smallest absolute Gasteiger partial charge is 0.316 e. The molecule has 0 radical (unpaired) electrons. The van der Waals surface area contributed by atoms with Gasteiger partial charge in [0.2, 0.25) is 0 Å². The van der Waals surface area contributed by atoms with E-state index in [1.165, 1.54) is 23.9 Å². The molecule has 0 aliphatic heterocycles. The first-order valence-electron chi connectivity index (χ1n) is 5.10. The van der Waals surface area contributed by atoms with Crippen molar-refractivity contribution in [3.05, 3.63) is 33.9 Å². The minimum absolute atomic E-state index is 0.0234. The van der Waals surface area contributed by atoms with E-state index in [-0.39, 0.29) is 5.69 Å². The second-order valence-electron chi connectivity index (χ2n) is 3.56. The molecule has 0 amide bonds. The molecule has 0 aliphatic rings. The number of hydrogen-bond acceptors (Lipinski definition) is 4. The fraction of sp³-hybridized carbons (Fsp3) is 0.364. The SMILES string of the molecule is CCC(Sc1ccc([N+](=O)[O-])cc1C)C(=O)O. The van der Waals surface area contributed by atoms with Crippen molar-refractivity contribution in [3.8, 4) is 0 Å². The third kappa shape index (κ3) is 3.45. The molecule has 0 aliphatic carbocycles. The molecule has 1 atom stereocenters. The fourth-order valence-electron chi connectivity index (χ4n) is 1.34. The highest BCUT2D eigenvalue weighted by atomic mass is 32.2. The van der Waals surface area contributed by atoms with Crippen LogP contribution >= 0.6 is 11.8 Å². The number of aryl methyl sites for hydroxylation is 1. The Morgan fingerprint density at radius 2 is 2.24 bits per heavy atom. The summed E-state index contributed by atoms with van der Waals surface area (Å²) in [5.41, 5.74) is 0.749. The highest BCUT2D eigenvalue weighted by Crippen LogP contribution is 2.30. The van der Waals surface area contributed by atoms with Crippen LogP contribution in [0, 0.1) is 17.0 Å². The van der Waals surface area contributed by atoms with Crippen molar-refractivity contribution >= 4 is 23.4 Å². The molecule has 0 saturated heterocycles. The van der Waals surface area contributed by atoms with Gasteiger partial charge >= 0.3 is 5.97 Å². The van der Waals surface area contributed by atoms with Crippen LogP contribution in [0.4, 0.5) is 5.69 Å². The van der Waals surface area contributed by atoms with Gasteiger partial charge in [0.15, 0.2) is 0 Å².